The summed E-state index contributed by atoms with van der Waals surface area (Å²) in [5.41, 5.74) is 8.13. The lowest BCUT2D eigenvalue weighted by molar-refractivity contribution is 1.01. The Morgan fingerprint density at radius 2 is 2.07 bits per heavy atom. The number of allylic oxidation sites excluding steroid dienone is 2. The Bertz CT molecular complexity index is 374. The Morgan fingerprint density at radius 3 is 2.60 bits per heavy atom. The second-order valence-corrected chi connectivity index (χ2v) is 2.97. The van der Waals surface area contributed by atoms with E-state index in [1.165, 1.54) is 0 Å². The second-order valence-electron chi connectivity index (χ2n) is 2.97. The second kappa shape index (κ2) is 5.75. The Labute approximate surface area is 90.0 Å². The summed E-state index contributed by atoms with van der Waals surface area (Å²) in [7, 11) is 0. The molecule has 2 N–H and O–H groups in total. The first kappa shape index (κ1) is 11.2. The highest BCUT2D eigenvalue weighted by Crippen LogP contribution is 2.17. The highest BCUT2D eigenvalue weighted by Gasteiger charge is 1.98. The summed E-state index contributed by atoms with van der Waals surface area (Å²) in [6.45, 7) is 6.26. The van der Waals surface area contributed by atoms with Crippen molar-refractivity contribution in [3.8, 4) is 0 Å². The molecule has 0 unspecified atom stereocenters. The molecular weight excluding hydrogens is 186 g/mol. The zero-order chi connectivity index (χ0) is 11.1. The van der Waals surface area contributed by atoms with Crippen molar-refractivity contribution < 1.29 is 0 Å². The van der Waals surface area contributed by atoms with E-state index in [1.54, 1.807) is 6.08 Å². The predicted molar refractivity (Wildman–Crippen MR) is 64.4 cm³/mol. The highest BCUT2D eigenvalue weighted by atomic mass is 15.1. The lowest BCUT2D eigenvalue weighted by atomic mass is 10.1. The van der Waals surface area contributed by atoms with Gasteiger partial charge in [0.25, 0.3) is 0 Å². The molecule has 0 aromatic heterocycles. The van der Waals surface area contributed by atoms with Crippen molar-refractivity contribution in [2.45, 2.75) is 6.92 Å². The van der Waals surface area contributed by atoms with Crippen LogP contribution in [0, 0.1) is 0 Å². The normalized spacial score (nSPS) is 11.9. The van der Waals surface area contributed by atoms with Crippen molar-refractivity contribution in [1.29, 1.82) is 0 Å². The van der Waals surface area contributed by atoms with Crippen molar-refractivity contribution in [3.63, 3.8) is 0 Å². The van der Waals surface area contributed by atoms with Crippen molar-refractivity contribution in [2.24, 2.45) is 10.2 Å². The van der Waals surface area contributed by atoms with Gasteiger partial charge in [-0.2, -0.15) is 10.2 Å². The number of nitrogens with zero attached hydrogens (tertiary/aromatic N) is 2. The molecule has 0 fully saturated rings. The largest absolute Gasteiger partial charge is 0.399 e. The van der Waals surface area contributed by atoms with Crippen LogP contribution >= 0.6 is 0 Å². The maximum Gasteiger partial charge on any atom is 0.0924 e. The molecule has 78 valence electrons. The SMILES string of the molecule is C=C/C=C(\N=NCC)c1ccc(N)cc1. The monoisotopic (exact) mass is 201 g/mol. The molecule has 1 rings (SSSR count). The van der Waals surface area contributed by atoms with E-state index in [4.69, 9.17) is 5.73 Å². The topological polar surface area (TPSA) is 50.7 Å². The molecule has 0 aliphatic carbocycles. The minimum absolute atomic E-state index is 0.670. The van der Waals surface area contributed by atoms with Gasteiger partial charge in [0.15, 0.2) is 0 Å². The van der Waals surface area contributed by atoms with E-state index in [0.717, 1.165) is 16.9 Å². The van der Waals surface area contributed by atoms with Crippen LogP contribution in [0.2, 0.25) is 0 Å². The fourth-order valence-electron chi connectivity index (χ4n) is 1.10. The van der Waals surface area contributed by atoms with Gasteiger partial charge in [0.05, 0.1) is 12.2 Å². The summed E-state index contributed by atoms with van der Waals surface area (Å²) in [5, 5.41) is 8.07. The van der Waals surface area contributed by atoms with E-state index in [0.29, 0.717) is 6.54 Å². The number of hydrogen-bond acceptors (Lipinski definition) is 3. The number of anilines is 1. The van der Waals surface area contributed by atoms with Gasteiger partial charge in [0.2, 0.25) is 0 Å². The molecule has 15 heavy (non-hydrogen) atoms. The average molecular weight is 201 g/mol. The number of azo groups is 1. The van der Waals surface area contributed by atoms with Crippen molar-refractivity contribution in [2.75, 3.05) is 12.3 Å². The maximum atomic E-state index is 5.61. The average Bonchev–Trinajstić information content (AvgIpc) is 2.25. The number of nitrogens with two attached hydrogens (primary N) is 1. The van der Waals surface area contributed by atoms with Gasteiger partial charge in [-0.15, -0.1) is 0 Å². The van der Waals surface area contributed by atoms with Crippen LogP contribution in [-0.2, 0) is 0 Å². The first-order chi connectivity index (χ1) is 7.27. The molecule has 3 heteroatoms. The standard InChI is InChI=1S/C12H15N3/c1-3-5-12(15-14-4-2)10-6-8-11(13)9-7-10/h3,5-9H,1,4,13H2,2H3/b12-5-,15-14?. The van der Waals surface area contributed by atoms with Crippen LogP contribution in [0.5, 0.6) is 0 Å². The minimum Gasteiger partial charge on any atom is -0.399 e. The van der Waals surface area contributed by atoms with Gasteiger partial charge < -0.3 is 5.73 Å². The summed E-state index contributed by atoms with van der Waals surface area (Å²) < 4.78 is 0. The summed E-state index contributed by atoms with van der Waals surface area (Å²) >= 11 is 0. The van der Waals surface area contributed by atoms with Crippen LogP contribution in [0.15, 0.2) is 53.2 Å². The van der Waals surface area contributed by atoms with Gasteiger partial charge in [-0.25, -0.2) is 0 Å². The molecule has 0 atom stereocenters. The van der Waals surface area contributed by atoms with Gasteiger partial charge in [-0.05, 0) is 25.1 Å². The third-order valence-corrected chi connectivity index (χ3v) is 1.80. The maximum absolute atomic E-state index is 5.61. The molecule has 1 aromatic rings. The minimum atomic E-state index is 0.670. The zero-order valence-corrected chi connectivity index (χ0v) is 8.85. The third kappa shape index (κ3) is 3.38. The van der Waals surface area contributed by atoms with Crippen molar-refractivity contribution >= 4 is 11.4 Å². The molecule has 0 spiro atoms. The van der Waals surface area contributed by atoms with E-state index in [9.17, 15) is 0 Å². The fraction of sp³-hybridized carbons (Fsp3) is 0.167. The molecule has 0 saturated carbocycles. The Kier molecular flexibility index (Phi) is 4.29. The predicted octanol–water partition coefficient (Wildman–Crippen LogP) is 3.27. The van der Waals surface area contributed by atoms with Crippen LogP contribution in [-0.4, -0.2) is 6.54 Å². The molecule has 1 aromatic carbocycles. The van der Waals surface area contributed by atoms with E-state index in [2.05, 4.69) is 16.8 Å². The summed E-state index contributed by atoms with van der Waals surface area (Å²) in [6.07, 6.45) is 3.52. The summed E-state index contributed by atoms with van der Waals surface area (Å²) in [5.74, 6) is 0. The summed E-state index contributed by atoms with van der Waals surface area (Å²) in [4.78, 5) is 0. The quantitative estimate of drug-likeness (QED) is 0.453. The number of benzene rings is 1. The van der Waals surface area contributed by atoms with Crippen molar-refractivity contribution in [1.82, 2.24) is 0 Å². The first-order valence-electron chi connectivity index (χ1n) is 4.84. The molecular formula is C12H15N3. The van der Waals surface area contributed by atoms with Crippen LogP contribution in [0.4, 0.5) is 5.69 Å². The molecule has 0 aliphatic rings. The third-order valence-electron chi connectivity index (χ3n) is 1.80. The van der Waals surface area contributed by atoms with Gasteiger partial charge in [-0.1, -0.05) is 24.8 Å². The molecule has 0 amide bonds. The Hall–Kier alpha value is -1.90. The van der Waals surface area contributed by atoms with Crippen LogP contribution < -0.4 is 5.73 Å². The number of rotatable bonds is 4. The van der Waals surface area contributed by atoms with E-state index >= 15 is 0 Å². The Morgan fingerprint density at radius 1 is 1.40 bits per heavy atom. The molecule has 0 bridgehead atoms. The van der Waals surface area contributed by atoms with Crippen LogP contribution in [0.25, 0.3) is 5.70 Å². The van der Waals surface area contributed by atoms with E-state index < -0.39 is 0 Å². The van der Waals surface area contributed by atoms with Crippen molar-refractivity contribution in [3.05, 3.63) is 48.6 Å². The molecule has 0 radical (unpaired) electrons. The van der Waals surface area contributed by atoms with E-state index in [-0.39, 0.29) is 0 Å². The fourth-order valence-corrected chi connectivity index (χ4v) is 1.10. The smallest absolute Gasteiger partial charge is 0.0924 e. The molecule has 0 aliphatic heterocycles. The van der Waals surface area contributed by atoms with Crippen LogP contribution in [0.3, 0.4) is 0 Å². The highest BCUT2D eigenvalue weighted by molar-refractivity contribution is 5.66. The van der Waals surface area contributed by atoms with Crippen LogP contribution in [0.1, 0.15) is 12.5 Å². The van der Waals surface area contributed by atoms with Gasteiger partial charge in [0, 0.05) is 11.3 Å². The Balaban J connectivity index is 2.99. The van der Waals surface area contributed by atoms with E-state index in [1.807, 2.05) is 37.3 Å². The first-order valence-corrected chi connectivity index (χ1v) is 4.84. The lowest BCUT2D eigenvalue weighted by Crippen LogP contribution is -1.85. The van der Waals surface area contributed by atoms with Gasteiger partial charge in [-0.3, -0.25) is 0 Å². The number of nitrogen functional groups attached to an aromatic ring is 1. The molecule has 0 saturated heterocycles. The van der Waals surface area contributed by atoms with Gasteiger partial charge >= 0.3 is 0 Å². The zero-order valence-electron chi connectivity index (χ0n) is 8.85. The number of hydrogen-bond donors (Lipinski definition) is 1. The summed E-state index contributed by atoms with van der Waals surface area (Å²) in [6, 6.07) is 7.51. The molecule has 0 heterocycles. The molecule has 3 nitrogen and oxygen atoms in total. The van der Waals surface area contributed by atoms with Gasteiger partial charge in [0.1, 0.15) is 0 Å². The lowest BCUT2D eigenvalue weighted by Gasteiger charge is -2.00.